The Hall–Kier alpha value is -4.16. The molecule has 1 fully saturated rings. The molecule has 0 radical (unpaired) electrons. The van der Waals surface area contributed by atoms with Crippen LogP contribution in [0.1, 0.15) is 49.8 Å². The number of fused-ring (bicyclic) bond motifs is 1. The summed E-state index contributed by atoms with van der Waals surface area (Å²) in [5.74, 6) is 2.17. The Morgan fingerprint density at radius 1 is 1.00 bits per heavy atom. The number of carbonyl (C=O) groups excluding carboxylic acids is 1. The topological polar surface area (TPSA) is 136 Å². The quantitative estimate of drug-likeness (QED) is 0.123. The van der Waals surface area contributed by atoms with E-state index in [0.29, 0.717) is 48.8 Å². The predicted molar refractivity (Wildman–Crippen MR) is 180 cm³/mol. The standard InChI is InChI=1S/C33H39ClN6O5S/c1-24(38-32-28-21-29(39-31(34)30(28)36-23-37-32)40-15-18-46(42,43)19-16-40)26-12-9-13-27(20-26)44-17-8-3-2-7-14-35-33(41)45-22-25-10-5-4-6-11-25/h4-6,9-13,20-21,23-24H,2-3,7-8,14-19,22H2,1H3,(H,35,41)(H,36,37,38)/t24-/m1/s1. The van der Waals surface area contributed by atoms with Crippen molar-refractivity contribution in [3.8, 4) is 5.75 Å². The third-order valence-corrected chi connectivity index (χ3v) is 9.64. The molecule has 2 aromatic carbocycles. The van der Waals surface area contributed by atoms with Gasteiger partial charge in [0, 0.05) is 25.0 Å². The molecule has 0 spiro atoms. The van der Waals surface area contributed by atoms with Crippen molar-refractivity contribution in [3.63, 3.8) is 0 Å². The Morgan fingerprint density at radius 2 is 1.78 bits per heavy atom. The number of alkyl carbamates (subject to hydrolysis) is 1. The summed E-state index contributed by atoms with van der Waals surface area (Å²) in [6.45, 7) is 4.20. The van der Waals surface area contributed by atoms with Crippen LogP contribution in [-0.2, 0) is 21.2 Å². The van der Waals surface area contributed by atoms with E-state index in [1.54, 1.807) is 0 Å². The third-order valence-electron chi connectivity index (χ3n) is 7.77. The number of carbonyl (C=O) groups is 1. The van der Waals surface area contributed by atoms with Gasteiger partial charge in [0.1, 0.15) is 35.8 Å². The van der Waals surface area contributed by atoms with Gasteiger partial charge in [0.25, 0.3) is 0 Å². The number of hydrogen-bond donors (Lipinski definition) is 2. The fourth-order valence-electron chi connectivity index (χ4n) is 5.13. The van der Waals surface area contributed by atoms with E-state index in [4.69, 9.17) is 21.1 Å². The number of unbranched alkanes of at least 4 members (excludes halogenated alkanes) is 3. The molecule has 1 aliphatic heterocycles. The minimum atomic E-state index is -3.02. The Balaban J connectivity index is 1.07. The van der Waals surface area contributed by atoms with Crippen LogP contribution in [0.25, 0.3) is 10.9 Å². The zero-order chi connectivity index (χ0) is 32.4. The summed E-state index contributed by atoms with van der Waals surface area (Å²) >= 11 is 6.51. The number of pyridine rings is 1. The second-order valence-corrected chi connectivity index (χ2v) is 13.9. The van der Waals surface area contributed by atoms with Crippen LogP contribution < -0.4 is 20.3 Å². The zero-order valence-corrected chi connectivity index (χ0v) is 27.4. The van der Waals surface area contributed by atoms with E-state index in [2.05, 4.69) is 25.6 Å². The van der Waals surface area contributed by atoms with Crippen LogP contribution >= 0.6 is 11.6 Å². The summed E-state index contributed by atoms with van der Waals surface area (Å²) in [5, 5.41) is 7.23. The monoisotopic (exact) mass is 666 g/mol. The normalized spacial score (nSPS) is 14.9. The molecule has 2 N–H and O–H groups in total. The van der Waals surface area contributed by atoms with Crippen LogP contribution in [0.3, 0.4) is 0 Å². The molecule has 1 amide bonds. The van der Waals surface area contributed by atoms with Crippen molar-refractivity contribution < 1.29 is 22.7 Å². The van der Waals surface area contributed by atoms with Crippen LogP contribution in [0.5, 0.6) is 5.75 Å². The fourth-order valence-corrected chi connectivity index (χ4v) is 6.57. The molecule has 3 heterocycles. The van der Waals surface area contributed by atoms with Crippen LogP contribution in [-0.4, -0.2) is 67.2 Å². The lowest BCUT2D eigenvalue weighted by Gasteiger charge is -2.28. The summed E-state index contributed by atoms with van der Waals surface area (Å²) < 4.78 is 35.1. The van der Waals surface area contributed by atoms with Gasteiger partial charge in [-0.15, -0.1) is 0 Å². The molecule has 4 aromatic rings. The SMILES string of the molecule is C[C@@H](Nc1ncnc2c(Cl)nc(N3CCS(=O)(=O)CC3)cc12)c1cccc(OCCCCCCNC(=O)OCc2ccccc2)c1. The van der Waals surface area contributed by atoms with Crippen molar-refractivity contribution in [3.05, 3.63) is 83.3 Å². The van der Waals surface area contributed by atoms with E-state index in [9.17, 15) is 13.2 Å². The number of hydrogen-bond acceptors (Lipinski definition) is 10. The molecule has 0 saturated carbocycles. The van der Waals surface area contributed by atoms with E-state index >= 15 is 0 Å². The maximum Gasteiger partial charge on any atom is 0.407 e. The summed E-state index contributed by atoms with van der Waals surface area (Å²) in [7, 11) is -3.02. The van der Waals surface area contributed by atoms with E-state index in [1.165, 1.54) is 6.33 Å². The lowest BCUT2D eigenvalue weighted by atomic mass is 10.1. The number of aromatic nitrogens is 3. The number of amides is 1. The minimum Gasteiger partial charge on any atom is -0.494 e. The van der Waals surface area contributed by atoms with Crippen molar-refractivity contribution in [1.29, 1.82) is 0 Å². The first kappa shape index (κ1) is 33.2. The average Bonchev–Trinajstić information content (AvgIpc) is 3.06. The Kier molecular flexibility index (Phi) is 11.5. The van der Waals surface area contributed by atoms with Crippen LogP contribution in [0, 0.1) is 0 Å². The van der Waals surface area contributed by atoms with Crippen molar-refractivity contribution in [2.45, 2.75) is 45.3 Å². The highest BCUT2D eigenvalue weighted by molar-refractivity contribution is 7.91. The van der Waals surface area contributed by atoms with Gasteiger partial charge in [-0.25, -0.2) is 28.2 Å². The summed E-state index contributed by atoms with van der Waals surface area (Å²) in [5.41, 5.74) is 2.51. The molecule has 1 aliphatic rings. The second kappa shape index (κ2) is 15.9. The number of nitrogens with zero attached hydrogens (tertiary/aromatic N) is 4. The highest BCUT2D eigenvalue weighted by atomic mass is 35.5. The number of nitrogens with one attached hydrogen (secondary N) is 2. The van der Waals surface area contributed by atoms with Gasteiger partial charge in [-0.2, -0.15) is 0 Å². The minimum absolute atomic E-state index is 0.0849. The molecule has 0 aliphatic carbocycles. The maximum absolute atomic E-state index is 11.9. The van der Waals surface area contributed by atoms with Crippen LogP contribution in [0.15, 0.2) is 67.0 Å². The van der Waals surface area contributed by atoms with Crippen molar-refractivity contribution in [2.75, 3.05) is 48.0 Å². The van der Waals surface area contributed by atoms with E-state index in [0.717, 1.165) is 42.6 Å². The lowest BCUT2D eigenvalue weighted by Crippen LogP contribution is -2.40. The highest BCUT2D eigenvalue weighted by Crippen LogP contribution is 2.31. The van der Waals surface area contributed by atoms with Gasteiger partial charge in [-0.3, -0.25) is 0 Å². The second-order valence-electron chi connectivity index (χ2n) is 11.2. The molecule has 11 nitrogen and oxygen atoms in total. The van der Waals surface area contributed by atoms with Crippen molar-refractivity contribution >= 4 is 50.1 Å². The number of anilines is 2. The number of benzene rings is 2. The summed E-state index contributed by atoms with van der Waals surface area (Å²) in [6.07, 6.45) is 4.81. The fraction of sp³-hybridized carbons (Fsp3) is 0.394. The zero-order valence-electron chi connectivity index (χ0n) is 25.8. The summed E-state index contributed by atoms with van der Waals surface area (Å²) in [6, 6.07) is 19.3. The van der Waals surface area contributed by atoms with Crippen molar-refractivity contribution in [1.82, 2.24) is 20.3 Å². The molecule has 2 aromatic heterocycles. The Labute approximate surface area is 274 Å². The lowest BCUT2D eigenvalue weighted by molar-refractivity contribution is 0.139. The number of rotatable bonds is 14. The number of sulfone groups is 1. The Bertz CT molecular complexity index is 1710. The van der Waals surface area contributed by atoms with Gasteiger partial charge in [0.15, 0.2) is 15.0 Å². The van der Waals surface area contributed by atoms with E-state index in [-0.39, 0.29) is 29.3 Å². The maximum atomic E-state index is 11.9. The van der Waals surface area contributed by atoms with Crippen molar-refractivity contribution in [2.24, 2.45) is 0 Å². The first-order chi connectivity index (χ1) is 22.3. The molecular formula is C33H39ClN6O5S. The molecule has 0 unspecified atom stereocenters. The van der Waals surface area contributed by atoms with Gasteiger partial charge in [-0.1, -0.05) is 66.9 Å². The molecule has 244 valence electrons. The molecule has 13 heteroatoms. The van der Waals surface area contributed by atoms with E-state index in [1.807, 2.05) is 72.5 Å². The van der Waals surface area contributed by atoms with Gasteiger partial charge in [0.05, 0.1) is 24.2 Å². The Morgan fingerprint density at radius 3 is 2.59 bits per heavy atom. The molecule has 5 rings (SSSR count). The highest BCUT2D eigenvalue weighted by Gasteiger charge is 2.24. The average molecular weight is 667 g/mol. The van der Waals surface area contributed by atoms with E-state index < -0.39 is 15.9 Å². The number of halogens is 1. The number of ether oxygens (including phenoxy) is 2. The molecule has 1 saturated heterocycles. The van der Waals surface area contributed by atoms with Gasteiger partial charge in [-0.05, 0) is 49.1 Å². The van der Waals surface area contributed by atoms with Gasteiger partial charge >= 0.3 is 6.09 Å². The molecular weight excluding hydrogens is 628 g/mol. The molecule has 46 heavy (non-hydrogen) atoms. The predicted octanol–water partition coefficient (Wildman–Crippen LogP) is 5.95. The first-order valence-corrected chi connectivity index (χ1v) is 17.7. The molecule has 1 atom stereocenters. The van der Waals surface area contributed by atoms with Crippen LogP contribution in [0.4, 0.5) is 16.4 Å². The third kappa shape index (κ3) is 9.43. The van der Waals surface area contributed by atoms with Gasteiger partial charge < -0.3 is 25.0 Å². The smallest absolute Gasteiger partial charge is 0.407 e. The molecule has 0 bridgehead atoms. The summed E-state index contributed by atoms with van der Waals surface area (Å²) in [4.78, 5) is 27.1. The first-order valence-electron chi connectivity index (χ1n) is 15.5. The van der Waals surface area contributed by atoms with Crippen LogP contribution in [0.2, 0.25) is 5.15 Å². The largest absolute Gasteiger partial charge is 0.494 e. The van der Waals surface area contributed by atoms with Gasteiger partial charge in [0.2, 0.25) is 0 Å².